The van der Waals surface area contributed by atoms with Crippen molar-refractivity contribution in [2.24, 2.45) is 0 Å². The van der Waals surface area contributed by atoms with Crippen molar-refractivity contribution in [3.8, 4) is 5.75 Å². The Morgan fingerprint density at radius 2 is 2.06 bits per heavy atom. The summed E-state index contributed by atoms with van der Waals surface area (Å²) in [5.41, 5.74) is -0.131. The number of carbonyl (C=O) groups excluding carboxylic acids is 1. The summed E-state index contributed by atoms with van der Waals surface area (Å²) in [5.74, 6) is 0.704. The average Bonchev–Trinajstić information content (AvgIpc) is 2.37. The molecule has 0 radical (unpaired) electrons. The van der Waals surface area contributed by atoms with Crippen LogP contribution in [-0.2, 0) is 0 Å². The maximum absolute atomic E-state index is 12.3. The van der Waals surface area contributed by atoms with Crippen LogP contribution in [0.5, 0.6) is 5.75 Å². The summed E-state index contributed by atoms with van der Waals surface area (Å²) in [6, 6.07) is 7.06. The number of nitrogens with zero attached hydrogens (tertiary/aromatic N) is 1. The molecule has 0 bridgehead atoms. The van der Waals surface area contributed by atoms with Gasteiger partial charge in [0.05, 0.1) is 12.7 Å². The molecular weight excluding hydrogens is 230 g/mol. The zero-order valence-corrected chi connectivity index (χ0v) is 10.8. The number of amides is 1. The van der Waals surface area contributed by atoms with E-state index in [9.17, 15) is 9.90 Å². The van der Waals surface area contributed by atoms with Crippen molar-refractivity contribution in [3.63, 3.8) is 0 Å². The van der Waals surface area contributed by atoms with Crippen LogP contribution in [0.3, 0.4) is 0 Å². The van der Waals surface area contributed by atoms with Crippen LogP contribution in [0, 0.1) is 0 Å². The van der Waals surface area contributed by atoms with E-state index in [2.05, 4.69) is 0 Å². The van der Waals surface area contributed by atoms with E-state index in [0.29, 0.717) is 18.7 Å². The van der Waals surface area contributed by atoms with Gasteiger partial charge in [0.15, 0.2) is 0 Å². The third-order valence-electron chi connectivity index (χ3n) is 3.30. The summed E-state index contributed by atoms with van der Waals surface area (Å²) >= 11 is 0. The number of aliphatic hydroxyl groups is 1. The van der Waals surface area contributed by atoms with Crippen molar-refractivity contribution in [1.82, 2.24) is 4.90 Å². The number of piperidine rings is 1. The van der Waals surface area contributed by atoms with Gasteiger partial charge in [0, 0.05) is 18.7 Å². The van der Waals surface area contributed by atoms with E-state index < -0.39 is 5.60 Å². The van der Waals surface area contributed by atoms with Crippen molar-refractivity contribution in [2.75, 3.05) is 20.2 Å². The number of ether oxygens (including phenoxy) is 1. The first kappa shape index (κ1) is 12.9. The van der Waals surface area contributed by atoms with Crippen LogP contribution in [0.25, 0.3) is 0 Å². The first-order valence-electron chi connectivity index (χ1n) is 6.17. The summed E-state index contributed by atoms with van der Waals surface area (Å²) in [7, 11) is 1.60. The van der Waals surface area contributed by atoms with E-state index in [-0.39, 0.29) is 5.91 Å². The number of hydrogen-bond donors (Lipinski definition) is 1. The number of benzene rings is 1. The van der Waals surface area contributed by atoms with Gasteiger partial charge in [0.1, 0.15) is 5.75 Å². The normalized spacial score (nSPS) is 23.8. The number of hydrogen-bond acceptors (Lipinski definition) is 3. The highest BCUT2D eigenvalue weighted by molar-refractivity contribution is 5.94. The smallest absolute Gasteiger partial charge is 0.253 e. The quantitative estimate of drug-likeness (QED) is 0.867. The fourth-order valence-corrected chi connectivity index (χ4v) is 2.31. The minimum Gasteiger partial charge on any atom is -0.497 e. The maximum Gasteiger partial charge on any atom is 0.253 e. The Labute approximate surface area is 107 Å². The lowest BCUT2D eigenvalue weighted by Gasteiger charge is -2.36. The van der Waals surface area contributed by atoms with E-state index >= 15 is 0 Å². The number of likely N-dealkylation sites (tertiary alicyclic amines) is 1. The van der Waals surface area contributed by atoms with Crippen LogP contribution in [0.4, 0.5) is 0 Å². The van der Waals surface area contributed by atoms with E-state index in [1.807, 2.05) is 0 Å². The van der Waals surface area contributed by atoms with Crippen molar-refractivity contribution in [3.05, 3.63) is 29.8 Å². The van der Waals surface area contributed by atoms with Crippen molar-refractivity contribution < 1.29 is 14.6 Å². The second kappa shape index (κ2) is 4.98. The van der Waals surface area contributed by atoms with Crippen LogP contribution in [0.1, 0.15) is 30.1 Å². The highest BCUT2D eigenvalue weighted by atomic mass is 16.5. The number of carbonyl (C=O) groups is 1. The van der Waals surface area contributed by atoms with Gasteiger partial charge in [-0.3, -0.25) is 4.79 Å². The molecule has 18 heavy (non-hydrogen) atoms. The van der Waals surface area contributed by atoms with E-state index in [1.54, 1.807) is 43.2 Å². The summed E-state index contributed by atoms with van der Waals surface area (Å²) in [5, 5.41) is 10.0. The Balaban J connectivity index is 2.10. The fourth-order valence-electron chi connectivity index (χ4n) is 2.31. The molecule has 0 spiro atoms. The van der Waals surface area contributed by atoms with Gasteiger partial charge in [-0.15, -0.1) is 0 Å². The van der Waals surface area contributed by atoms with Gasteiger partial charge >= 0.3 is 0 Å². The third kappa shape index (κ3) is 2.82. The highest BCUT2D eigenvalue weighted by Gasteiger charge is 2.31. The van der Waals surface area contributed by atoms with Crippen molar-refractivity contribution in [1.29, 1.82) is 0 Å². The molecule has 1 aromatic carbocycles. The molecule has 1 aromatic rings. The minimum absolute atomic E-state index is 0.0300. The first-order valence-corrected chi connectivity index (χ1v) is 6.17. The van der Waals surface area contributed by atoms with Gasteiger partial charge in [0.2, 0.25) is 0 Å². The molecule has 2 rings (SSSR count). The molecule has 1 aliphatic rings. The number of methoxy groups -OCH3 is 1. The molecule has 98 valence electrons. The molecule has 1 atom stereocenters. The predicted octanol–water partition coefficient (Wildman–Crippen LogP) is 1.68. The molecule has 0 aliphatic carbocycles. The molecule has 0 aromatic heterocycles. The Morgan fingerprint density at radius 1 is 1.39 bits per heavy atom. The van der Waals surface area contributed by atoms with Gasteiger partial charge in [-0.05, 0) is 44.0 Å². The average molecular weight is 249 g/mol. The Hall–Kier alpha value is -1.55. The van der Waals surface area contributed by atoms with Crippen LogP contribution < -0.4 is 4.74 Å². The van der Waals surface area contributed by atoms with Crippen molar-refractivity contribution >= 4 is 5.91 Å². The lowest BCUT2D eigenvalue weighted by atomic mass is 9.94. The lowest BCUT2D eigenvalue weighted by Crippen LogP contribution is -2.48. The zero-order chi connectivity index (χ0) is 13.2. The van der Waals surface area contributed by atoms with Gasteiger partial charge in [0.25, 0.3) is 5.91 Å². The Bertz CT molecular complexity index is 425. The van der Waals surface area contributed by atoms with Gasteiger partial charge in [-0.1, -0.05) is 0 Å². The van der Waals surface area contributed by atoms with Gasteiger partial charge in [-0.25, -0.2) is 0 Å². The van der Waals surface area contributed by atoms with E-state index in [4.69, 9.17) is 4.74 Å². The monoisotopic (exact) mass is 249 g/mol. The lowest BCUT2D eigenvalue weighted by molar-refractivity contribution is -0.0107. The third-order valence-corrected chi connectivity index (χ3v) is 3.30. The molecule has 4 heteroatoms. The Kier molecular flexibility index (Phi) is 3.57. The van der Waals surface area contributed by atoms with E-state index in [0.717, 1.165) is 18.6 Å². The molecule has 1 amide bonds. The molecule has 1 saturated heterocycles. The summed E-state index contributed by atoms with van der Waals surface area (Å²) < 4.78 is 5.06. The fraction of sp³-hybridized carbons (Fsp3) is 0.500. The molecule has 4 nitrogen and oxygen atoms in total. The summed E-state index contributed by atoms with van der Waals surface area (Å²) in [6.07, 6.45) is 1.59. The summed E-state index contributed by atoms with van der Waals surface area (Å²) in [6.45, 7) is 2.89. The second-order valence-electron chi connectivity index (χ2n) is 5.06. The van der Waals surface area contributed by atoms with Crippen LogP contribution >= 0.6 is 0 Å². The van der Waals surface area contributed by atoms with Crippen LogP contribution in [-0.4, -0.2) is 41.7 Å². The van der Waals surface area contributed by atoms with Gasteiger partial charge in [-0.2, -0.15) is 0 Å². The minimum atomic E-state index is -0.764. The van der Waals surface area contributed by atoms with Crippen LogP contribution in [0.2, 0.25) is 0 Å². The Morgan fingerprint density at radius 3 is 2.61 bits per heavy atom. The molecule has 1 unspecified atom stereocenters. The molecule has 1 N–H and O–H groups in total. The molecule has 1 aliphatic heterocycles. The predicted molar refractivity (Wildman–Crippen MR) is 68.8 cm³/mol. The second-order valence-corrected chi connectivity index (χ2v) is 5.06. The molecule has 0 saturated carbocycles. The zero-order valence-electron chi connectivity index (χ0n) is 10.8. The first-order chi connectivity index (χ1) is 8.52. The van der Waals surface area contributed by atoms with Gasteiger partial charge < -0.3 is 14.7 Å². The summed E-state index contributed by atoms with van der Waals surface area (Å²) in [4.78, 5) is 14.0. The number of rotatable bonds is 2. The molecular formula is C14H19NO3. The van der Waals surface area contributed by atoms with E-state index in [1.165, 1.54) is 0 Å². The molecule has 1 heterocycles. The largest absolute Gasteiger partial charge is 0.497 e. The SMILES string of the molecule is COc1ccc(C(=O)N2CCCC(C)(O)C2)cc1. The van der Waals surface area contributed by atoms with Crippen molar-refractivity contribution in [2.45, 2.75) is 25.4 Å². The maximum atomic E-state index is 12.3. The standard InChI is InChI=1S/C14H19NO3/c1-14(17)8-3-9-15(10-14)13(16)11-4-6-12(18-2)7-5-11/h4-7,17H,3,8-10H2,1-2H3. The molecule has 1 fully saturated rings. The van der Waals surface area contributed by atoms with Crippen LogP contribution in [0.15, 0.2) is 24.3 Å². The topological polar surface area (TPSA) is 49.8 Å². The highest BCUT2D eigenvalue weighted by Crippen LogP contribution is 2.22. The number of β-amino-alcohol motifs (C(OH)–C–C–N with tert-alkyl or cyclic N) is 1.